The Hall–Kier alpha value is -1.96. The summed E-state index contributed by atoms with van der Waals surface area (Å²) in [6, 6.07) is 0. The quantitative estimate of drug-likeness (QED) is 0.406. The molecule has 0 bridgehead atoms. The summed E-state index contributed by atoms with van der Waals surface area (Å²) >= 11 is 1.32. The van der Waals surface area contributed by atoms with Crippen molar-refractivity contribution in [1.82, 2.24) is 9.88 Å². The first-order chi connectivity index (χ1) is 12.5. The van der Waals surface area contributed by atoms with Crippen LogP contribution in [0.15, 0.2) is 5.38 Å². The fraction of sp³-hybridized carbons (Fsp3) is 0.667. The molecule has 26 heavy (non-hydrogen) atoms. The maximum atomic E-state index is 12.5. The van der Waals surface area contributed by atoms with Crippen LogP contribution in [0.2, 0.25) is 0 Å². The number of unbranched alkanes of at least 4 members (excludes halogenated alkanes) is 2. The monoisotopic (exact) mass is 384 g/mol. The van der Waals surface area contributed by atoms with Gasteiger partial charge in [0.1, 0.15) is 5.01 Å². The number of thiazole rings is 1. The summed E-state index contributed by atoms with van der Waals surface area (Å²) in [5, 5.41) is 2.31. The molecule has 0 spiro atoms. The molecule has 0 fully saturated rings. The number of amides is 1. The van der Waals surface area contributed by atoms with E-state index >= 15 is 0 Å². The molecule has 1 heterocycles. The van der Waals surface area contributed by atoms with Gasteiger partial charge in [0.15, 0.2) is 5.69 Å². The van der Waals surface area contributed by atoms with Crippen molar-refractivity contribution in [1.29, 1.82) is 0 Å². The van der Waals surface area contributed by atoms with Gasteiger partial charge < -0.3 is 14.4 Å². The summed E-state index contributed by atoms with van der Waals surface area (Å²) < 4.78 is 9.80. The Morgan fingerprint density at radius 3 is 2.46 bits per heavy atom. The molecule has 7 nitrogen and oxygen atoms in total. The van der Waals surface area contributed by atoms with Crippen LogP contribution >= 0.6 is 11.3 Å². The molecule has 0 unspecified atom stereocenters. The van der Waals surface area contributed by atoms with E-state index in [2.05, 4.69) is 11.9 Å². The minimum atomic E-state index is -0.457. The van der Waals surface area contributed by atoms with Crippen molar-refractivity contribution in [2.45, 2.75) is 59.4 Å². The number of ether oxygens (including phenoxy) is 2. The van der Waals surface area contributed by atoms with Crippen molar-refractivity contribution in [2.75, 3.05) is 19.8 Å². The lowest BCUT2D eigenvalue weighted by atomic mass is 10.2. The predicted molar refractivity (Wildman–Crippen MR) is 98.9 cm³/mol. The molecular weight excluding hydrogens is 356 g/mol. The molecular formula is C18H28N2O5S. The molecule has 0 aliphatic carbocycles. The van der Waals surface area contributed by atoms with E-state index in [0.717, 1.165) is 19.3 Å². The van der Waals surface area contributed by atoms with E-state index < -0.39 is 5.97 Å². The molecule has 146 valence electrons. The van der Waals surface area contributed by atoms with Crippen molar-refractivity contribution in [3.63, 3.8) is 0 Å². The van der Waals surface area contributed by atoms with Gasteiger partial charge in [-0.3, -0.25) is 9.59 Å². The van der Waals surface area contributed by atoms with Gasteiger partial charge in [0, 0.05) is 18.3 Å². The standard InChI is InChI=1S/C18H28N2O5S/c1-4-7-8-11-20(16(21)9-10-17(22)24-5-2)12-15-19-14(13-26-15)18(23)25-6-3/h13H,4-12H2,1-3H3. The Balaban J connectivity index is 2.68. The van der Waals surface area contributed by atoms with Crippen molar-refractivity contribution in [2.24, 2.45) is 0 Å². The van der Waals surface area contributed by atoms with E-state index in [4.69, 9.17) is 9.47 Å². The summed E-state index contributed by atoms with van der Waals surface area (Å²) in [7, 11) is 0. The fourth-order valence-electron chi connectivity index (χ4n) is 2.29. The average molecular weight is 384 g/mol. The second-order valence-corrected chi connectivity index (χ2v) is 6.62. The molecule has 0 aromatic carbocycles. The molecule has 0 aliphatic heterocycles. The summed E-state index contributed by atoms with van der Waals surface area (Å²) in [5.74, 6) is -0.934. The van der Waals surface area contributed by atoms with Gasteiger partial charge in [-0.05, 0) is 20.3 Å². The Morgan fingerprint density at radius 2 is 1.81 bits per heavy atom. The number of aromatic nitrogens is 1. The SMILES string of the molecule is CCCCCN(Cc1nc(C(=O)OCC)cs1)C(=O)CCC(=O)OCC. The molecule has 0 radical (unpaired) electrons. The van der Waals surface area contributed by atoms with E-state index in [-0.39, 0.29) is 30.4 Å². The smallest absolute Gasteiger partial charge is 0.357 e. The van der Waals surface area contributed by atoms with Crippen molar-refractivity contribution in [3.8, 4) is 0 Å². The molecule has 0 saturated carbocycles. The zero-order valence-electron chi connectivity index (χ0n) is 15.8. The van der Waals surface area contributed by atoms with Gasteiger partial charge in [-0.2, -0.15) is 0 Å². The van der Waals surface area contributed by atoms with Crippen LogP contribution in [0.4, 0.5) is 0 Å². The maximum absolute atomic E-state index is 12.5. The van der Waals surface area contributed by atoms with Gasteiger partial charge in [0.2, 0.25) is 5.91 Å². The first-order valence-electron chi connectivity index (χ1n) is 9.06. The van der Waals surface area contributed by atoms with Crippen molar-refractivity contribution >= 4 is 29.2 Å². The Kier molecular flexibility index (Phi) is 10.5. The Morgan fingerprint density at radius 1 is 1.08 bits per heavy atom. The van der Waals surface area contributed by atoms with Gasteiger partial charge in [0.05, 0.1) is 26.2 Å². The highest BCUT2D eigenvalue weighted by Gasteiger charge is 2.19. The summed E-state index contributed by atoms with van der Waals surface area (Å²) in [6.45, 7) is 7.10. The van der Waals surface area contributed by atoms with Crippen LogP contribution in [0, 0.1) is 0 Å². The average Bonchev–Trinajstić information content (AvgIpc) is 3.08. The van der Waals surface area contributed by atoms with E-state index in [1.54, 1.807) is 24.1 Å². The van der Waals surface area contributed by atoms with Crippen LogP contribution in [0.25, 0.3) is 0 Å². The number of rotatable bonds is 12. The molecule has 1 aromatic heterocycles. The zero-order chi connectivity index (χ0) is 19.4. The zero-order valence-corrected chi connectivity index (χ0v) is 16.6. The van der Waals surface area contributed by atoms with Gasteiger partial charge in [-0.15, -0.1) is 11.3 Å². The molecule has 1 rings (SSSR count). The number of hydrogen-bond acceptors (Lipinski definition) is 7. The fourth-order valence-corrected chi connectivity index (χ4v) is 3.07. The topological polar surface area (TPSA) is 85.8 Å². The maximum Gasteiger partial charge on any atom is 0.357 e. The summed E-state index contributed by atoms with van der Waals surface area (Å²) in [4.78, 5) is 41.6. The second kappa shape index (κ2) is 12.4. The summed E-state index contributed by atoms with van der Waals surface area (Å²) in [6.07, 6.45) is 3.14. The number of nitrogens with zero attached hydrogens (tertiary/aromatic N) is 2. The first kappa shape index (κ1) is 22.1. The minimum absolute atomic E-state index is 0.0723. The molecule has 0 saturated heterocycles. The van der Waals surface area contributed by atoms with Gasteiger partial charge in [-0.1, -0.05) is 19.8 Å². The van der Waals surface area contributed by atoms with Crippen molar-refractivity contribution in [3.05, 3.63) is 16.1 Å². The Bertz CT molecular complexity index is 588. The highest BCUT2D eigenvalue weighted by atomic mass is 32.1. The number of carbonyl (C=O) groups is 3. The van der Waals surface area contributed by atoms with Gasteiger partial charge in [0.25, 0.3) is 0 Å². The third-order valence-electron chi connectivity index (χ3n) is 3.60. The molecule has 1 amide bonds. The second-order valence-electron chi connectivity index (χ2n) is 5.67. The molecule has 0 atom stereocenters. The van der Waals surface area contributed by atoms with Crippen LogP contribution in [-0.2, 0) is 25.6 Å². The normalized spacial score (nSPS) is 10.4. The van der Waals surface area contributed by atoms with Crippen LogP contribution in [0.3, 0.4) is 0 Å². The molecule has 0 aliphatic rings. The lowest BCUT2D eigenvalue weighted by Crippen LogP contribution is -2.32. The van der Waals surface area contributed by atoms with Gasteiger partial charge in [-0.25, -0.2) is 9.78 Å². The lowest BCUT2D eigenvalue weighted by molar-refractivity contribution is -0.145. The predicted octanol–water partition coefficient (Wildman–Crippen LogP) is 3.18. The van der Waals surface area contributed by atoms with E-state index in [1.165, 1.54) is 11.3 Å². The van der Waals surface area contributed by atoms with Gasteiger partial charge >= 0.3 is 11.9 Å². The molecule has 0 N–H and O–H groups in total. The van der Waals surface area contributed by atoms with Crippen LogP contribution in [0.5, 0.6) is 0 Å². The number of carbonyl (C=O) groups excluding carboxylic acids is 3. The minimum Gasteiger partial charge on any atom is -0.466 e. The largest absolute Gasteiger partial charge is 0.466 e. The molecule has 8 heteroatoms. The van der Waals surface area contributed by atoms with E-state index in [9.17, 15) is 14.4 Å². The third kappa shape index (κ3) is 7.95. The Labute approximate surface area is 158 Å². The lowest BCUT2D eigenvalue weighted by Gasteiger charge is -2.21. The van der Waals surface area contributed by atoms with Crippen molar-refractivity contribution < 1.29 is 23.9 Å². The highest BCUT2D eigenvalue weighted by Crippen LogP contribution is 2.15. The van der Waals surface area contributed by atoms with Crippen LogP contribution in [0.1, 0.15) is 68.4 Å². The summed E-state index contributed by atoms with van der Waals surface area (Å²) in [5.41, 5.74) is 0.263. The first-order valence-corrected chi connectivity index (χ1v) is 9.94. The van der Waals surface area contributed by atoms with E-state index in [1.807, 2.05) is 0 Å². The molecule has 1 aromatic rings. The van der Waals surface area contributed by atoms with Crippen LogP contribution < -0.4 is 0 Å². The third-order valence-corrected chi connectivity index (χ3v) is 4.43. The number of hydrogen-bond donors (Lipinski definition) is 0. The number of esters is 2. The van der Waals surface area contributed by atoms with Crippen LogP contribution in [-0.4, -0.2) is 47.5 Å². The van der Waals surface area contributed by atoms with E-state index in [0.29, 0.717) is 31.3 Å². The highest BCUT2D eigenvalue weighted by molar-refractivity contribution is 7.09.